The minimum Gasteiger partial charge on any atom is -0.236 e. The van der Waals surface area contributed by atoms with Crippen LogP contribution in [0, 0.1) is 0 Å². The highest BCUT2D eigenvalue weighted by atomic mass is 32.2. The average molecular weight is 741 g/mol. The number of fused-ring (bicyclic) bond motifs is 2. The lowest BCUT2D eigenvalue weighted by Gasteiger charge is -2.37. The van der Waals surface area contributed by atoms with Crippen LogP contribution < -0.4 is 0 Å². The van der Waals surface area contributed by atoms with Crippen molar-refractivity contribution in [2.45, 2.75) is 55.2 Å². The summed E-state index contributed by atoms with van der Waals surface area (Å²) in [6, 6.07) is 61.2. The van der Waals surface area contributed by atoms with Gasteiger partial charge in [-0.05, 0) is 84.8 Å². The van der Waals surface area contributed by atoms with Crippen molar-refractivity contribution in [3.05, 3.63) is 193 Å². The maximum Gasteiger partial charge on any atom is 0.161 e. The second kappa shape index (κ2) is 14.2. The highest BCUT2D eigenvalue weighted by molar-refractivity contribution is 7.99. The molecule has 56 heavy (non-hydrogen) atoms. The van der Waals surface area contributed by atoms with E-state index in [4.69, 9.17) is 9.97 Å². The van der Waals surface area contributed by atoms with Crippen LogP contribution in [0.15, 0.2) is 186 Å². The summed E-state index contributed by atoms with van der Waals surface area (Å²) < 4.78 is 0. The van der Waals surface area contributed by atoms with E-state index in [9.17, 15) is 0 Å². The minimum atomic E-state index is -0.178. The molecule has 0 saturated heterocycles. The first-order chi connectivity index (χ1) is 27.2. The monoisotopic (exact) mass is 740 g/mol. The fraction of sp³-hybridized carbons (Fsp3) is 0.132. The van der Waals surface area contributed by atoms with Crippen molar-refractivity contribution in [1.82, 2.24) is 9.97 Å². The van der Waals surface area contributed by atoms with Crippen LogP contribution in [0.4, 0.5) is 0 Å². The van der Waals surface area contributed by atoms with E-state index in [1.807, 2.05) is 18.0 Å². The van der Waals surface area contributed by atoms with E-state index < -0.39 is 0 Å². The quantitative estimate of drug-likeness (QED) is 0.170. The van der Waals surface area contributed by atoms with E-state index in [0.717, 1.165) is 50.5 Å². The van der Waals surface area contributed by atoms with Gasteiger partial charge in [-0.15, -0.1) is 0 Å². The molecule has 272 valence electrons. The van der Waals surface area contributed by atoms with Crippen molar-refractivity contribution in [2.24, 2.45) is 0 Å². The zero-order chi connectivity index (χ0) is 38.4. The van der Waals surface area contributed by atoms with Crippen molar-refractivity contribution < 1.29 is 0 Å². The Morgan fingerprint density at radius 2 is 1.00 bits per heavy atom. The van der Waals surface area contributed by atoms with Gasteiger partial charge in [-0.3, -0.25) is 0 Å². The van der Waals surface area contributed by atoms with E-state index in [1.165, 1.54) is 43.2 Å². The summed E-state index contributed by atoms with van der Waals surface area (Å²) in [5.74, 6) is 0.751. The summed E-state index contributed by atoms with van der Waals surface area (Å²) in [6.07, 6.45) is 1.96. The zero-order valence-electron chi connectivity index (χ0n) is 32.5. The Labute approximate surface area is 335 Å². The van der Waals surface area contributed by atoms with E-state index in [2.05, 4.69) is 204 Å². The number of benzene rings is 7. The number of aromatic nitrogens is 2. The van der Waals surface area contributed by atoms with Gasteiger partial charge in [0.1, 0.15) is 0 Å². The minimum absolute atomic E-state index is 0.140. The predicted molar refractivity (Wildman–Crippen MR) is 236 cm³/mol. The Hall–Kier alpha value is -6.03. The molecule has 8 aromatic rings. The Kier molecular flexibility index (Phi) is 9.06. The van der Waals surface area contributed by atoms with E-state index in [1.54, 1.807) is 0 Å². The van der Waals surface area contributed by atoms with Gasteiger partial charge in [0, 0.05) is 32.5 Å². The fourth-order valence-corrected chi connectivity index (χ4v) is 9.95. The van der Waals surface area contributed by atoms with Gasteiger partial charge in [-0.25, -0.2) is 9.97 Å². The molecule has 0 fully saturated rings. The van der Waals surface area contributed by atoms with Crippen molar-refractivity contribution in [1.29, 1.82) is 0 Å². The molecule has 0 aliphatic carbocycles. The highest BCUT2D eigenvalue weighted by Crippen LogP contribution is 2.54. The van der Waals surface area contributed by atoms with Gasteiger partial charge in [0.25, 0.3) is 0 Å². The summed E-state index contributed by atoms with van der Waals surface area (Å²) >= 11 is 1.86. The summed E-state index contributed by atoms with van der Waals surface area (Å²) in [6.45, 7) is 11.6. The molecule has 9 rings (SSSR count). The molecule has 0 unspecified atom stereocenters. The average Bonchev–Trinajstić information content (AvgIpc) is 3.23. The largest absolute Gasteiger partial charge is 0.236 e. The van der Waals surface area contributed by atoms with Gasteiger partial charge in [0.15, 0.2) is 5.82 Å². The van der Waals surface area contributed by atoms with Crippen LogP contribution >= 0.6 is 11.8 Å². The van der Waals surface area contributed by atoms with Gasteiger partial charge < -0.3 is 0 Å². The third-order valence-electron chi connectivity index (χ3n) is 11.2. The first-order valence-corrected chi connectivity index (χ1v) is 20.2. The first-order valence-electron chi connectivity index (χ1n) is 19.4. The molecule has 0 atom stereocenters. The van der Waals surface area contributed by atoms with Gasteiger partial charge in [0.2, 0.25) is 0 Å². The third-order valence-corrected chi connectivity index (χ3v) is 12.4. The summed E-state index contributed by atoms with van der Waals surface area (Å²) in [7, 11) is 0. The van der Waals surface area contributed by atoms with Gasteiger partial charge in [-0.1, -0.05) is 198 Å². The number of nitrogens with zero attached hydrogens (tertiary/aromatic N) is 2. The molecule has 0 radical (unpaired) electrons. The lowest BCUT2D eigenvalue weighted by atomic mass is 9.74. The van der Waals surface area contributed by atoms with Crippen LogP contribution in [0.2, 0.25) is 0 Å². The molecule has 0 bridgehead atoms. The van der Waals surface area contributed by atoms with Crippen molar-refractivity contribution in [3.8, 4) is 67.2 Å². The van der Waals surface area contributed by atoms with Crippen LogP contribution in [0.1, 0.15) is 51.3 Å². The molecule has 2 heterocycles. The fourth-order valence-electron chi connectivity index (χ4n) is 8.42. The van der Waals surface area contributed by atoms with Crippen LogP contribution in [-0.2, 0) is 10.8 Å². The Morgan fingerprint density at radius 1 is 0.482 bits per heavy atom. The topological polar surface area (TPSA) is 25.8 Å². The molecule has 1 aliphatic rings. The van der Waals surface area contributed by atoms with Crippen molar-refractivity contribution in [3.63, 3.8) is 0 Å². The molecule has 7 aromatic carbocycles. The standard InChI is InChI=1S/C53H44N2S/c1-52(2,3)42-30-31-43-50(56-45-29-19-18-28-41(45)53(43,4)5)49(42)51-54-33-32-44(55-51)40-34-39(35-20-10-6-11-21-35)46(36-22-12-7-13-23-36)48(38-26-16-9-17-27-38)47(40)37-24-14-8-15-25-37/h6-34H,1-5H3. The smallest absolute Gasteiger partial charge is 0.161 e. The zero-order valence-corrected chi connectivity index (χ0v) is 33.4. The molecule has 0 amide bonds. The maximum absolute atomic E-state index is 5.63. The Morgan fingerprint density at radius 3 is 1.59 bits per heavy atom. The first kappa shape index (κ1) is 35.7. The molecular formula is C53H44N2S. The molecule has 1 aromatic heterocycles. The number of rotatable bonds is 6. The van der Waals surface area contributed by atoms with Crippen LogP contribution in [0.25, 0.3) is 67.2 Å². The molecule has 3 heteroatoms. The highest BCUT2D eigenvalue weighted by Gasteiger charge is 2.37. The lowest BCUT2D eigenvalue weighted by Crippen LogP contribution is -2.25. The van der Waals surface area contributed by atoms with Crippen molar-refractivity contribution in [2.75, 3.05) is 0 Å². The molecular weight excluding hydrogens is 697 g/mol. The molecule has 0 spiro atoms. The number of hydrogen-bond donors (Lipinski definition) is 0. The molecule has 0 N–H and O–H groups in total. The van der Waals surface area contributed by atoms with E-state index >= 15 is 0 Å². The summed E-state index contributed by atoms with van der Waals surface area (Å²) in [4.78, 5) is 13.3. The third kappa shape index (κ3) is 6.27. The number of hydrogen-bond acceptors (Lipinski definition) is 3. The van der Waals surface area contributed by atoms with E-state index in [0.29, 0.717) is 0 Å². The Balaban J connectivity index is 1.38. The normalized spacial score (nSPS) is 13.2. The second-order valence-corrected chi connectivity index (χ2v) is 17.2. The molecule has 0 saturated carbocycles. The van der Waals surface area contributed by atoms with Gasteiger partial charge in [0.05, 0.1) is 5.69 Å². The molecule has 1 aliphatic heterocycles. The van der Waals surface area contributed by atoms with Crippen LogP contribution in [-0.4, -0.2) is 9.97 Å². The molecule has 2 nitrogen and oxygen atoms in total. The van der Waals surface area contributed by atoms with Gasteiger partial charge >= 0.3 is 0 Å². The van der Waals surface area contributed by atoms with Crippen LogP contribution in [0.5, 0.6) is 0 Å². The summed E-state index contributed by atoms with van der Waals surface area (Å²) in [5, 5.41) is 0. The van der Waals surface area contributed by atoms with E-state index in [-0.39, 0.29) is 10.8 Å². The van der Waals surface area contributed by atoms with Gasteiger partial charge in [-0.2, -0.15) is 0 Å². The lowest BCUT2D eigenvalue weighted by molar-refractivity contribution is 0.579. The SMILES string of the molecule is CC(C)(C)c1ccc2c(c1-c1nccc(-c3cc(-c4ccccc4)c(-c4ccccc4)c(-c4ccccc4)c3-c3ccccc3)n1)Sc1ccccc1C2(C)C. The van der Waals surface area contributed by atoms with Crippen molar-refractivity contribution >= 4 is 11.8 Å². The van der Waals surface area contributed by atoms with Crippen LogP contribution in [0.3, 0.4) is 0 Å². The second-order valence-electron chi connectivity index (χ2n) is 16.2. The Bertz CT molecular complexity index is 2690. The summed E-state index contributed by atoms with van der Waals surface area (Å²) in [5.41, 5.74) is 16.0. The maximum atomic E-state index is 5.63. The predicted octanol–water partition coefficient (Wildman–Crippen LogP) is 14.6.